The first-order valence-corrected chi connectivity index (χ1v) is 7.73. The highest BCUT2D eigenvalue weighted by atomic mass is 16.3. The first kappa shape index (κ1) is 18.4. The Morgan fingerprint density at radius 2 is 1.73 bits per heavy atom. The molecule has 5 nitrogen and oxygen atoms in total. The van der Waals surface area contributed by atoms with Gasteiger partial charge in [-0.05, 0) is 36.5 Å². The van der Waals surface area contributed by atoms with Gasteiger partial charge in [-0.1, -0.05) is 27.7 Å². The topological polar surface area (TPSA) is 74.2 Å². The second-order valence-corrected chi connectivity index (χ2v) is 7.37. The summed E-state index contributed by atoms with van der Waals surface area (Å²) >= 11 is 0. The van der Waals surface area contributed by atoms with Crippen molar-refractivity contribution >= 4 is 6.03 Å². The predicted octanol–water partition coefficient (Wildman–Crippen LogP) is 2.46. The van der Waals surface area contributed by atoms with E-state index < -0.39 is 0 Å². The van der Waals surface area contributed by atoms with Crippen LogP contribution in [0.3, 0.4) is 0 Å². The Labute approximate surface area is 133 Å². The number of carbonyl (C=O) groups is 1. The van der Waals surface area contributed by atoms with Gasteiger partial charge < -0.3 is 15.7 Å². The number of aromatic nitrogens is 1. The molecule has 0 aliphatic carbocycles. The molecule has 0 spiro atoms. The molecule has 1 heterocycles. The van der Waals surface area contributed by atoms with Crippen LogP contribution >= 0.6 is 0 Å². The van der Waals surface area contributed by atoms with Crippen molar-refractivity contribution < 1.29 is 9.90 Å². The van der Waals surface area contributed by atoms with Crippen LogP contribution in [0.2, 0.25) is 0 Å². The van der Waals surface area contributed by atoms with Gasteiger partial charge in [0.1, 0.15) is 0 Å². The number of nitrogens with one attached hydrogen (secondary N) is 2. The zero-order valence-electron chi connectivity index (χ0n) is 14.3. The Balaban J connectivity index is 2.43. The van der Waals surface area contributed by atoms with Gasteiger partial charge in [0.15, 0.2) is 0 Å². The quantitative estimate of drug-likeness (QED) is 0.724. The van der Waals surface area contributed by atoms with Crippen LogP contribution in [0.5, 0.6) is 0 Å². The summed E-state index contributed by atoms with van der Waals surface area (Å²) in [6.45, 7) is 11.1. The van der Waals surface area contributed by atoms with Gasteiger partial charge in [-0.2, -0.15) is 0 Å². The van der Waals surface area contributed by atoms with E-state index in [4.69, 9.17) is 0 Å². The number of nitrogens with zero attached hydrogens (tertiary/aromatic N) is 1. The van der Waals surface area contributed by atoms with Gasteiger partial charge in [-0.25, -0.2) is 4.79 Å². The third-order valence-corrected chi connectivity index (χ3v) is 3.73. The Morgan fingerprint density at radius 3 is 2.27 bits per heavy atom. The van der Waals surface area contributed by atoms with Crippen molar-refractivity contribution in [3.8, 4) is 0 Å². The molecule has 0 bridgehead atoms. The fraction of sp³-hybridized carbons (Fsp3) is 0.647. The Hall–Kier alpha value is -1.62. The fourth-order valence-corrected chi connectivity index (χ4v) is 2.46. The molecular weight excluding hydrogens is 278 g/mol. The number of hydrogen-bond donors (Lipinski definition) is 3. The average molecular weight is 307 g/mol. The van der Waals surface area contributed by atoms with E-state index in [-0.39, 0.29) is 23.0 Å². The molecule has 3 N–H and O–H groups in total. The van der Waals surface area contributed by atoms with E-state index in [1.165, 1.54) is 0 Å². The van der Waals surface area contributed by atoms with Gasteiger partial charge in [0.05, 0.1) is 6.10 Å². The molecule has 0 fully saturated rings. The summed E-state index contributed by atoms with van der Waals surface area (Å²) in [5, 5.41) is 15.2. The highest BCUT2D eigenvalue weighted by molar-refractivity contribution is 5.74. The molecule has 0 aliphatic rings. The van der Waals surface area contributed by atoms with Crippen molar-refractivity contribution in [3.63, 3.8) is 0 Å². The standard InChI is InChI=1S/C17H29N3O2/c1-13(21)10-16(2,3)11-19-15(22)20-12-17(4,5)14-6-8-18-9-7-14/h6-9,13,21H,10-12H2,1-5H3,(H2,19,20,22). The second kappa shape index (κ2) is 7.58. The average Bonchev–Trinajstić information content (AvgIpc) is 2.43. The summed E-state index contributed by atoms with van der Waals surface area (Å²) in [7, 11) is 0. The van der Waals surface area contributed by atoms with Crippen molar-refractivity contribution in [1.82, 2.24) is 15.6 Å². The largest absolute Gasteiger partial charge is 0.393 e. The number of pyridine rings is 1. The summed E-state index contributed by atoms with van der Waals surface area (Å²) in [6, 6.07) is 3.75. The fourth-order valence-electron chi connectivity index (χ4n) is 2.46. The lowest BCUT2D eigenvalue weighted by atomic mass is 9.85. The van der Waals surface area contributed by atoms with Gasteiger partial charge in [0.25, 0.3) is 0 Å². The van der Waals surface area contributed by atoms with Crippen LogP contribution in [0.1, 0.15) is 46.6 Å². The summed E-state index contributed by atoms with van der Waals surface area (Å²) in [5.74, 6) is 0. The minimum atomic E-state index is -0.370. The van der Waals surface area contributed by atoms with E-state index in [2.05, 4.69) is 29.5 Å². The number of hydrogen-bond acceptors (Lipinski definition) is 3. The Kier molecular flexibility index (Phi) is 6.35. The second-order valence-electron chi connectivity index (χ2n) is 7.37. The number of rotatable bonds is 7. The molecule has 0 radical (unpaired) electrons. The highest BCUT2D eigenvalue weighted by Crippen LogP contribution is 2.22. The molecule has 0 saturated carbocycles. The number of urea groups is 1. The zero-order valence-corrected chi connectivity index (χ0v) is 14.3. The maximum absolute atomic E-state index is 12.0. The molecule has 0 aliphatic heterocycles. The van der Waals surface area contributed by atoms with Gasteiger partial charge in [-0.3, -0.25) is 4.98 Å². The molecule has 0 aromatic carbocycles. The van der Waals surface area contributed by atoms with E-state index in [0.717, 1.165) is 5.56 Å². The first-order chi connectivity index (χ1) is 10.1. The molecule has 0 saturated heterocycles. The van der Waals surface area contributed by atoms with Crippen molar-refractivity contribution in [2.24, 2.45) is 5.41 Å². The minimum Gasteiger partial charge on any atom is -0.393 e. The van der Waals surface area contributed by atoms with Crippen molar-refractivity contribution in [2.45, 2.75) is 52.6 Å². The van der Waals surface area contributed by atoms with E-state index in [1.54, 1.807) is 19.3 Å². The zero-order chi connectivity index (χ0) is 16.8. The molecule has 1 rings (SSSR count). The molecule has 2 amide bonds. The molecule has 124 valence electrons. The van der Waals surface area contributed by atoms with E-state index >= 15 is 0 Å². The minimum absolute atomic E-state index is 0.133. The molecule has 1 aromatic heterocycles. The molecule has 1 aromatic rings. The van der Waals surface area contributed by atoms with Crippen molar-refractivity contribution in [1.29, 1.82) is 0 Å². The SMILES string of the molecule is CC(O)CC(C)(C)CNC(=O)NCC(C)(C)c1ccncc1. The van der Waals surface area contributed by atoms with Gasteiger partial charge >= 0.3 is 6.03 Å². The van der Waals surface area contributed by atoms with E-state index in [1.807, 2.05) is 26.0 Å². The van der Waals surface area contributed by atoms with Crippen molar-refractivity contribution in [2.75, 3.05) is 13.1 Å². The Morgan fingerprint density at radius 1 is 1.18 bits per heavy atom. The lowest BCUT2D eigenvalue weighted by Crippen LogP contribution is -2.45. The summed E-state index contributed by atoms with van der Waals surface area (Å²) < 4.78 is 0. The number of aliphatic hydroxyl groups excluding tert-OH is 1. The molecule has 5 heteroatoms. The third kappa shape index (κ3) is 6.43. The third-order valence-electron chi connectivity index (χ3n) is 3.73. The van der Waals surface area contributed by atoms with Crippen LogP contribution in [-0.2, 0) is 5.41 Å². The summed E-state index contributed by atoms with van der Waals surface area (Å²) in [6.07, 6.45) is 3.80. The molecule has 1 unspecified atom stereocenters. The maximum atomic E-state index is 12.0. The van der Waals surface area contributed by atoms with E-state index in [0.29, 0.717) is 19.5 Å². The number of carbonyl (C=O) groups excluding carboxylic acids is 1. The van der Waals surface area contributed by atoms with Crippen LogP contribution in [0, 0.1) is 5.41 Å². The van der Waals surface area contributed by atoms with Gasteiger partial charge in [0.2, 0.25) is 0 Å². The Bertz CT molecular complexity index is 470. The lowest BCUT2D eigenvalue weighted by Gasteiger charge is -2.28. The van der Waals surface area contributed by atoms with Gasteiger partial charge in [0, 0.05) is 30.9 Å². The molecular formula is C17H29N3O2. The predicted molar refractivity (Wildman–Crippen MR) is 88.7 cm³/mol. The van der Waals surface area contributed by atoms with Crippen LogP contribution < -0.4 is 10.6 Å². The molecule has 22 heavy (non-hydrogen) atoms. The smallest absolute Gasteiger partial charge is 0.314 e. The summed E-state index contributed by atoms with van der Waals surface area (Å²) in [4.78, 5) is 16.0. The molecule has 1 atom stereocenters. The van der Waals surface area contributed by atoms with Crippen LogP contribution in [0.15, 0.2) is 24.5 Å². The van der Waals surface area contributed by atoms with Gasteiger partial charge in [-0.15, -0.1) is 0 Å². The number of amides is 2. The normalized spacial score (nSPS) is 13.5. The van der Waals surface area contributed by atoms with Crippen LogP contribution in [-0.4, -0.2) is 35.3 Å². The van der Waals surface area contributed by atoms with Crippen molar-refractivity contribution in [3.05, 3.63) is 30.1 Å². The lowest BCUT2D eigenvalue weighted by molar-refractivity contribution is 0.128. The van der Waals surface area contributed by atoms with Crippen LogP contribution in [0.25, 0.3) is 0 Å². The van der Waals surface area contributed by atoms with Crippen LogP contribution in [0.4, 0.5) is 4.79 Å². The monoisotopic (exact) mass is 307 g/mol. The summed E-state index contributed by atoms with van der Waals surface area (Å²) in [5.41, 5.74) is 0.846. The highest BCUT2D eigenvalue weighted by Gasteiger charge is 2.23. The first-order valence-electron chi connectivity index (χ1n) is 7.73. The van der Waals surface area contributed by atoms with E-state index in [9.17, 15) is 9.90 Å². The maximum Gasteiger partial charge on any atom is 0.314 e. The number of aliphatic hydroxyl groups is 1.